The minimum absolute atomic E-state index is 0.105. The summed E-state index contributed by atoms with van der Waals surface area (Å²) in [6.45, 7) is 4.21. The van der Waals surface area contributed by atoms with Gasteiger partial charge in [-0.1, -0.05) is 15.6 Å². The van der Waals surface area contributed by atoms with Crippen LogP contribution in [0, 0.1) is 12.7 Å². The summed E-state index contributed by atoms with van der Waals surface area (Å²) in [4.78, 5) is 23.7. The first-order valence-electron chi connectivity index (χ1n) is 11.0. The van der Waals surface area contributed by atoms with Crippen molar-refractivity contribution in [3.63, 3.8) is 0 Å². The summed E-state index contributed by atoms with van der Waals surface area (Å²) < 4.78 is 15.0. The predicted octanol–water partition coefficient (Wildman–Crippen LogP) is -0.00338. The number of rotatable bonds is 6. The van der Waals surface area contributed by atoms with E-state index in [4.69, 9.17) is 47.1 Å². The molecule has 1 saturated heterocycles. The van der Waals surface area contributed by atoms with Gasteiger partial charge in [0.25, 0.3) is 5.91 Å². The molecule has 4 rings (SSSR count). The van der Waals surface area contributed by atoms with Crippen molar-refractivity contribution in [2.45, 2.75) is 42.0 Å². The summed E-state index contributed by atoms with van der Waals surface area (Å²) in [7, 11) is 37.3. The molecule has 35 heavy (non-hydrogen) atoms. The van der Waals surface area contributed by atoms with Crippen molar-refractivity contribution in [3.8, 4) is 0 Å². The number of carbonyl (C=O) groups is 1. The van der Waals surface area contributed by atoms with Crippen molar-refractivity contribution in [3.05, 3.63) is 53.4 Å². The second-order valence-electron chi connectivity index (χ2n) is 9.33. The lowest BCUT2D eigenvalue weighted by atomic mass is 9.27. The first-order valence-corrected chi connectivity index (χ1v) is 11.0. The van der Waals surface area contributed by atoms with Crippen LogP contribution in [0.25, 0.3) is 5.65 Å². The van der Waals surface area contributed by atoms with Gasteiger partial charge in [0.2, 0.25) is 0 Å². The van der Waals surface area contributed by atoms with Crippen molar-refractivity contribution in [1.82, 2.24) is 24.9 Å². The van der Waals surface area contributed by atoms with Gasteiger partial charge in [-0.05, 0) is 38.0 Å². The van der Waals surface area contributed by atoms with Crippen LogP contribution >= 0.6 is 0 Å². The molecular weight excluding hydrogens is 436 g/mol. The second kappa shape index (κ2) is 8.79. The molecule has 0 saturated carbocycles. The first kappa shape index (κ1) is 25.5. The van der Waals surface area contributed by atoms with E-state index in [0.717, 1.165) is 6.20 Å². The largest absolute Gasteiger partial charge is 0.357 e. The predicted molar refractivity (Wildman–Crippen MR) is 137 cm³/mol. The molecule has 12 radical (unpaired) electrons. The Bertz CT molecular complexity index is 1280. The van der Waals surface area contributed by atoms with Crippen LogP contribution in [0.2, 0.25) is 10.4 Å². The number of aryl methyl sites for hydroxylation is 1. The zero-order chi connectivity index (χ0) is 25.8. The second-order valence-corrected chi connectivity index (χ2v) is 9.33. The van der Waals surface area contributed by atoms with Crippen molar-refractivity contribution >= 4 is 64.4 Å². The van der Waals surface area contributed by atoms with Crippen LogP contribution in [0.4, 0.5) is 10.2 Å². The highest BCUT2D eigenvalue weighted by atomic mass is 19.1. The number of anilines is 1. The molecule has 3 aromatic heterocycles. The fourth-order valence-corrected chi connectivity index (χ4v) is 4.18. The van der Waals surface area contributed by atoms with Gasteiger partial charge in [-0.15, -0.1) is 0 Å². The van der Waals surface area contributed by atoms with Gasteiger partial charge in [0.05, 0.1) is 59.5 Å². The maximum absolute atomic E-state index is 13.5. The van der Waals surface area contributed by atoms with E-state index in [1.54, 1.807) is 26.1 Å². The Morgan fingerprint density at radius 3 is 2.60 bits per heavy atom. The molecule has 4 heterocycles. The van der Waals surface area contributed by atoms with E-state index in [-0.39, 0.29) is 11.3 Å². The zero-order valence-electron chi connectivity index (χ0n) is 19.6. The van der Waals surface area contributed by atoms with Gasteiger partial charge in [-0.25, -0.2) is 13.9 Å². The van der Waals surface area contributed by atoms with Gasteiger partial charge in [-0.3, -0.25) is 9.78 Å². The topological polar surface area (TPSA) is 75.4 Å². The lowest BCUT2D eigenvalue weighted by molar-refractivity contribution is 0.0936. The fraction of sp³-hybridized carbons (Fsp3) is 0.429. The van der Waals surface area contributed by atoms with Crippen molar-refractivity contribution in [2.75, 3.05) is 18.0 Å². The number of nitrogens with zero attached hydrogens (tertiary/aromatic N) is 5. The van der Waals surface area contributed by atoms with E-state index in [0.29, 0.717) is 36.5 Å². The smallest absolute Gasteiger partial charge is 0.256 e. The summed E-state index contributed by atoms with van der Waals surface area (Å²) in [5, 5.41) is 2.33. The van der Waals surface area contributed by atoms with Gasteiger partial charge >= 0.3 is 0 Å². The van der Waals surface area contributed by atoms with Crippen LogP contribution in [0.1, 0.15) is 35.0 Å². The minimum Gasteiger partial charge on any atom is -0.357 e. The number of halogens is 1. The highest BCUT2D eigenvalue weighted by molar-refractivity contribution is 6.54. The number of hydrogen-bond acceptors (Lipinski definition) is 5. The molecule has 0 spiro atoms. The molecule has 1 atom stereocenters. The lowest BCUT2D eigenvalue weighted by Gasteiger charge is -2.48. The van der Waals surface area contributed by atoms with Gasteiger partial charge in [0, 0.05) is 31.0 Å². The number of aromatic nitrogens is 4. The summed E-state index contributed by atoms with van der Waals surface area (Å²) >= 11 is 0. The summed E-state index contributed by atoms with van der Waals surface area (Å²) in [6, 6.07) is 2.05. The van der Waals surface area contributed by atoms with Crippen molar-refractivity contribution in [2.24, 2.45) is 0 Å². The van der Waals surface area contributed by atoms with Gasteiger partial charge in [-0.2, -0.15) is 5.10 Å². The highest BCUT2D eigenvalue weighted by Gasteiger charge is 2.42. The number of pyridine rings is 1. The van der Waals surface area contributed by atoms with E-state index in [2.05, 4.69) is 20.4 Å². The Balaban J connectivity index is 1.58. The fourth-order valence-electron chi connectivity index (χ4n) is 4.18. The Labute approximate surface area is 211 Å². The molecule has 1 N–H and O–H groups in total. The van der Waals surface area contributed by atoms with E-state index < -0.39 is 33.4 Å². The third-order valence-corrected chi connectivity index (χ3v) is 6.47. The van der Waals surface area contributed by atoms with Gasteiger partial charge in [0.1, 0.15) is 17.2 Å². The molecule has 14 heteroatoms. The number of carbonyl (C=O) groups excluding carboxylic acids is 1. The molecule has 3 aromatic rings. The third kappa shape index (κ3) is 4.64. The monoisotopic (exact) mass is 456 g/mol. The molecule has 164 valence electrons. The summed E-state index contributed by atoms with van der Waals surface area (Å²) in [5.74, 6) is -0.475. The zero-order valence-corrected chi connectivity index (χ0v) is 19.6. The Morgan fingerprint density at radius 2 is 1.97 bits per heavy atom. The maximum atomic E-state index is 13.5. The standard InChI is InChI=1S/C21H19B6FN6O/c1-11-7-13(28)8-29-16(11)21(26,27)20(24,25)12(2)31-18(35)14-9-30-34-5-3-15(32-17(14)34)33-6-4-19(22,23)10-33/h3,5,7-9,12H,4,6,10H2,1-2H3,(H,31,35)/t12-/m1/s1. The average molecular weight is 455 g/mol. The van der Waals surface area contributed by atoms with E-state index >= 15 is 0 Å². The quantitative estimate of drug-likeness (QED) is 0.530. The molecular formula is C21H19B6FN6O. The van der Waals surface area contributed by atoms with E-state index in [1.165, 1.54) is 16.8 Å². The molecule has 1 aliphatic heterocycles. The summed E-state index contributed by atoms with van der Waals surface area (Å²) in [5.41, 5.74) is 0.986. The third-order valence-electron chi connectivity index (χ3n) is 6.47. The minimum atomic E-state index is -1.91. The Morgan fingerprint density at radius 1 is 1.26 bits per heavy atom. The first-order chi connectivity index (χ1) is 16.2. The molecule has 0 bridgehead atoms. The van der Waals surface area contributed by atoms with Gasteiger partial charge in [0.15, 0.2) is 5.65 Å². The van der Waals surface area contributed by atoms with Crippen LogP contribution < -0.4 is 10.2 Å². The molecule has 0 unspecified atom stereocenters. The molecule has 1 aliphatic rings. The summed E-state index contributed by atoms with van der Waals surface area (Å²) in [6.07, 6.45) is 4.65. The Hall–Kier alpha value is -2.64. The van der Waals surface area contributed by atoms with Crippen LogP contribution in [0.3, 0.4) is 0 Å². The maximum Gasteiger partial charge on any atom is 0.256 e. The molecule has 1 amide bonds. The molecule has 0 aromatic carbocycles. The van der Waals surface area contributed by atoms with Crippen molar-refractivity contribution < 1.29 is 9.18 Å². The molecule has 7 nitrogen and oxygen atoms in total. The van der Waals surface area contributed by atoms with Crippen LogP contribution in [0.15, 0.2) is 30.7 Å². The number of nitrogens with one attached hydrogen (secondary N) is 1. The normalized spacial score (nSPS) is 16.9. The van der Waals surface area contributed by atoms with Crippen LogP contribution in [0.5, 0.6) is 0 Å². The number of amides is 1. The van der Waals surface area contributed by atoms with Crippen LogP contribution in [-0.2, 0) is 5.21 Å². The van der Waals surface area contributed by atoms with E-state index in [9.17, 15) is 9.18 Å². The highest BCUT2D eigenvalue weighted by Crippen LogP contribution is 2.41. The van der Waals surface area contributed by atoms with Gasteiger partial charge < -0.3 is 10.2 Å². The number of fused-ring (bicyclic) bond motifs is 1. The lowest BCUT2D eigenvalue weighted by Crippen LogP contribution is -2.55. The van der Waals surface area contributed by atoms with E-state index in [1.807, 2.05) is 4.90 Å². The average Bonchev–Trinajstić information content (AvgIpc) is 3.35. The molecule has 1 fully saturated rings. The molecule has 0 aliphatic carbocycles. The number of hydrogen-bond donors (Lipinski definition) is 1. The van der Waals surface area contributed by atoms with Crippen molar-refractivity contribution in [1.29, 1.82) is 0 Å². The van der Waals surface area contributed by atoms with Crippen LogP contribution in [-0.4, -0.2) is 91.7 Å². The SMILES string of the molecule is [B]C1([B])CCN(c2ccn3ncc(C(=O)N[C@H](C)C([B])([B])C([B])([B])c4ncc(F)cc4C)c3n2)C1. The Kier molecular flexibility index (Phi) is 6.39.